The molecule has 1 aliphatic carbocycles. The van der Waals surface area contributed by atoms with Crippen LogP contribution >= 0.6 is 0 Å². The van der Waals surface area contributed by atoms with Crippen LogP contribution in [0.1, 0.15) is 77.0 Å². The largest absolute Gasteiger partial charge is 0.337 e. The SMILES string of the molecule is CC#Cc1cc(C)c(C2C(=O)CC3(CCN(C(=O)c4cnc(C)cn4)CC3)CC2=O)c(C)c1. The van der Waals surface area contributed by atoms with E-state index >= 15 is 0 Å². The summed E-state index contributed by atoms with van der Waals surface area (Å²) in [4.78, 5) is 49.5. The second-order valence-electron chi connectivity index (χ2n) is 9.45. The second-order valence-corrected chi connectivity index (χ2v) is 9.45. The van der Waals surface area contributed by atoms with Crippen molar-refractivity contribution in [1.82, 2.24) is 14.9 Å². The van der Waals surface area contributed by atoms with Crippen LogP contribution in [-0.2, 0) is 9.59 Å². The molecule has 0 bridgehead atoms. The Morgan fingerprint density at radius 1 is 1.00 bits per heavy atom. The molecule has 1 spiro atoms. The van der Waals surface area contributed by atoms with Gasteiger partial charge in [-0.05, 0) is 74.8 Å². The van der Waals surface area contributed by atoms with Crippen molar-refractivity contribution in [2.75, 3.05) is 13.1 Å². The molecule has 0 unspecified atom stereocenters. The number of nitrogens with zero attached hydrogens (tertiary/aromatic N) is 3. The Kier molecular flexibility index (Phi) is 6.16. The first-order valence-corrected chi connectivity index (χ1v) is 11.4. The van der Waals surface area contributed by atoms with E-state index in [9.17, 15) is 14.4 Å². The summed E-state index contributed by atoms with van der Waals surface area (Å²) in [5.74, 6) is 5.11. The van der Waals surface area contributed by atoms with Gasteiger partial charge in [0.15, 0.2) is 0 Å². The molecule has 0 N–H and O–H groups in total. The number of rotatable bonds is 2. The Morgan fingerprint density at radius 3 is 2.12 bits per heavy atom. The second kappa shape index (κ2) is 8.90. The quantitative estimate of drug-likeness (QED) is 0.522. The molecule has 4 rings (SSSR count). The van der Waals surface area contributed by atoms with Crippen molar-refractivity contribution < 1.29 is 14.4 Å². The van der Waals surface area contributed by atoms with Gasteiger partial charge >= 0.3 is 0 Å². The zero-order valence-electron chi connectivity index (χ0n) is 19.7. The van der Waals surface area contributed by atoms with Gasteiger partial charge in [-0.2, -0.15) is 0 Å². The minimum atomic E-state index is -0.693. The van der Waals surface area contributed by atoms with Crippen LogP contribution in [0.2, 0.25) is 0 Å². The number of amides is 1. The Balaban J connectivity index is 1.48. The molecule has 1 aromatic carbocycles. The van der Waals surface area contributed by atoms with Crippen molar-refractivity contribution >= 4 is 17.5 Å². The molecule has 1 amide bonds. The molecule has 6 heteroatoms. The fraction of sp³-hybridized carbons (Fsp3) is 0.444. The van der Waals surface area contributed by atoms with E-state index in [0.29, 0.717) is 44.5 Å². The van der Waals surface area contributed by atoms with E-state index in [1.165, 1.54) is 6.20 Å². The van der Waals surface area contributed by atoms with Crippen LogP contribution in [-0.4, -0.2) is 45.4 Å². The highest BCUT2D eigenvalue weighted by Crippen LogP contribution is 2.46. The minimum Gasteiger partial charge on any atom is -0.337 e. The van der Waals surface area contributed by atoms with Crippen molar-refractivity contribution in [3.63, 3.8) is 0 Å². The van der Waals surface area contributed by atoms with E-state index in [0.717, 1.165) is 27.9 Å². The molecule has 2 aliphatic rings. The summed E-state index contributed by atoms with van der Waals surface area (Å²) in [7, 11) is 0. The maximum Gasteiger partial charge on any atom is 0.274 e. The number of aromatic nitrogens is 2. The molecule has 6 nitrogen and oxygen atoms in total. The molecule has 2 fully saturated rings. The van der Waals surface area contributed by atoms with E-state index in [-0.39, 0.29) is 22.9 Å². The first kappa shape index (κ1) is 22.8. The first-order valence-electron chi connectivity index (χ1n) is 11.4. The van der Waals surface area contributed by atoms with E-state index in [1.54, 1.807) is 18.0 Å². The standard InChI is InChI=1S/C27H29N3O3/c1-5-6-20-11-17(2)24(18(3)12-20)25-22(31)13-27(14-23(25)32)7-9-30(10-8-27)26(33)21-16-28-19(4)15-29-21/h11-12,15-16,25H,7-10,13-14H2,1-4H3. The van der Waals surface area contributed by atoms with Gasteiger partial charge in [0.1, 0.15) is 23.2 Å². The average Bonchev–Trinajstić information content (AvgIpc) is 2.76. The smallest absolute Gasteiger partial charge is 0.274 e. The summed E-state index contributed by atoms with van der Waals surface area (Å²) in [6, 6.07) is 3.92. The van der Waals surface area contributed by atoms with E-state index in [2.05, 4.69) is 21.8 Å². The van der Waals surface area contributed by atoms with E-state index < -0.39 is 5.92 Å². The molecular formula is C27H29N3O3. The van der Waals surface area contributed by atoms with E-state index in [1.807, 2.05) is 32.9 Å². The summed E-state index contributed by atoms with van der Waals surface area (Å²) in [5.41, 5.74) is 4.36. The highest BCUT2D eigenvalue weighted by atomic mass is 16.2. The van der Waals surface area contributed by atoms with Crippen LogP contribution in [0.5, 0.6) is 0 Å². The Bertz CT molecular complexity index is 1140. The number of Topliss-reactive ketones (excluding diaryl/α,β-unsaturated/α-hetero) is 2. The van der Waals surface area contributed by atoms with Crippen molar-refractivity contribution in [1.29, 1.82) is 0 Å². The van der Waals surface area contributed by atoms with Gasteiger partial charge in [0, 0.05) is 37.7 Å². The number of carbonyl (C=O) groups excluding carboxylic acids is 3. The summed E-state index contributed by atoms with van der Waals surface area (Å²) >= 11 is 0. The first-order chi connectivity index (χ1) is 15.7. The molecule has 2 aromatic rings. The number of piperidine rings is 1. The normalized spacial score (nSPS) is 18.2. The Morgan fingerprint density at radius 2 is 1.61 bits per heavy atom. The third kappa shape index (κ3) is 4.45. The summed E-state index contributed by atoms with van der Waals surface area (Å²) < 4.78 is 0. The van der Waals surface area contributed by atoms with Crippen molar-refractivity contribution in [3.05, 3.63) is 58.2 Å². The van der Waals surface area contributed by atoms with Gasteiger partial charge in [-0.3, -0.25) is 19.4 Å². The number of hydrogen-bond acceptors (Lipinski definition) is 5. The molecule has 1 saturated heterocycles. The third-order valence-electron chi connectivity index (χ3n) is 7.01. The van der Waals surface area contributed by atoms with Crippen LogP contribution in [0.15, 0.2) is 24.5 Å². The van der Waals surface area contributed by atoms with Crippen LogP contribution in [0.4, 0.5) is 0 Å². The number of benzene rings is 1. The van der Waals surface area contributed by atoms with Gasteiger partial charge in [0.25, 0.3) is 5.91 Å². The zero-order chi connectivity index (χ0) is 23.8. The van der Waals surface area contributed by atoms with Crippen molar-refractivity contribution in [3.8, 4) is 11.8 Å². The van der Waals surface area contributed by atoms with Gasteiger partial charge in [-0.25, -0.2) is 4.98 Å². The topological polar surface area (TPSA) is 80.2 Å². The fourth-order valence-corrected chi connectivity index (χ4v) is 5.36. The highest BCUT2D eigenvalue weighted by Gasteiger charge is 2.47. The van der Waals surface area contributed by atoms with Gasteiger partial charge in [-0.15, -0.1) is 5.92 Å². The maximum absolute atomic E-state index is 13.3. The summed E-state index contributed by atoms with van der Waals surface area (Å²) in [6.45, 7) is 8.55. The summed E-state index contributed by atoms with van der Waals surface area (Å²) in [5, 5.41) is 0. The van der Waals surface area contributed by atoms with Crippen molar-refractivity contribution in [2.24, 2.45) is 5.41 Å². The van der Waals surface area contributed by atoms with Crippen LogP contribution in [0.3, 0.4) is 0 Å². The third-order valence-corrected chi connectivity index (χ3v) is 7.01. The lowest BCUT2D eigenvalue weighted by atomic mass is 9.62. The predicted octanol–water partition coefficient (Wildman–Crippen LogP) is 3.71. The number of carbonyl (C=O) groups is 3. The number of ketones is 2. The molecule has 0 atom stereocenters. The number of aryl methyl sites for hydroxylation is 3. The minimum absolute atomic E-state index is 0.00375. The van der Waals surface area contributed by atoms with Gasteiger partial charge in [0.2, 0.25) is 0 Å². The average molecular weight is 444 g/mol. The van der Waals surface area contributed by atoms with Gasteiger partial charge in [0.05, 0.1) is 11.9 Å². The molecule has 1 aromatic heterocycles. The summed E-state index contributed by atoms with van der Waals surface area (Å²) in [6.07, 6.45) is 5.14. The lowest BCUT2D eigenvalue weighted by Gasteiger charge is -2.44. The molecular weight excluding hydrogens is 414 g/mol. The molecule has 170 valence electrons. The molecule has 0 radical (unpaired) electrons. The Labute approximate surface area is 194 Å². The van der Waals surface area contributed by atoms with Crippen LogP contribution < -0.4 is 0 Å². The number of hydrogen-bond donors (Lipinski definition) is 0. The fourth-order valence-electron chi connectivity index (χ4n) is 5.36. The van der Waals surface area contributed by atoms with Crippen LogP contribution in [0, 0.1) is 38.0 Å². The van der Waals surface area contributed by atoms with E-state index in [4.69, 9.17) is 0 Å². The molecule has 2 heterocycles. The predicted molar refractivity (Wildman–Crippen MR) is 125 cm³/mol. The lowest BCUT2D eigenvalue weighted by Crippen LogP contribution is -2.48. The highest BCUT2D eigenvalue weighted by molar-refractivity contribution is 6.10. The molecule has 1 saturated carbocycles. The maximum atomic E-state index is 13.3. The van der Waals surface area contributed by atoms with Crippen LogP contribution in [0.25, 0.3) is 0 Å². The van der Waals surface area contributed by atoms with Gasteiger partial charge < -0.3 is 4.90 Å². The molecule has 33 heavy (non-hydrogen) atoms. The zero-order valence-corrected chi connectivity index (χ0v) is 19.7. The van der Waals surface area contributed by atoms with Crippen molar-refractivity contribution in [2.45, 2.75) is 59.3 Å². The van der Waals surface area contributed by atoms with Gasteiger partial charge in [-0.1, -0.05) is 5.92 Å². The molecule has 1 aliphatic heterocycles. The monoisotopic (exact) mass is 443 g/mol. The number of likely N-dealkylation sites (tertiary alicyclic amines) is 1. The lowest BCUT2D eigenvalue weighted by molar-refractivity contribution is -0.138. The Hall–Kier alpha value is -3.33.